The van der Waals surface area contributed by atoms with E-state index in [2.05, 4.69) is 102 Å². The van der Waals surface area contributed by atoms with Crippen LogP contribution in [0.4, 0.5) is 34.1 Å². The number of benzene rings is 6. The summed E-state index contributed by atoms with van der Waals surface area (Å²) < 4.78 is 22.6. The van der Waals surface area contributed by atoms with Crippen molar-refractivity contribution in [1.29, 1.82) is 0 Å². The number of hydrogen-bond acceptors (Lipinski definition) is 7. The van der Waals surface area contributed by atoms with Crippen LogP contribution in [-0.4, -0.2) is 14.2 Å². The molecule has 0 saturated heterocycles. The van der Waals surface area contributed by atoms with Crippen molar-refractivity contribution < 1.29 is 18.6 Å². The first-order valence-electron chi connectivity index (χ1n) is 17.6. The number of ether oxygens (including phenoxy) is 3. The zero-order valence-electron chi connectivity index (χ0n) is 30.5. The number of allylic oxidation sites excluding steroid dienone is 2. The van der Waals surface area contributed by atoms with Gasteiger partial charge in [-0.3, -0.25) is 0 Å². The van der Waals surface area contributed by atoms with E-state index in [0.29, 0.717) is 11.3 Å². The summed E-state index contributed by atoms with van der Waals surface area (Å²) in [6.07, 6.45) is 1.95. The molecule has 1 aliphatic heterocycles. The van der Waals surface area contributed by atoms with Crippen molar-refractivity contribution in [2.75, 3.05) is 24.0 Å². The quantitative estimate of drug-likeness (QED) is 0.138. The molecule has 0 unspecified atom stereocenters. The molecule has 6 aromatic carbocycles. The molecule has 0 amide bonds. The van der Waals surface area contributed by atoms with Crippen LogP contribution in [0.3, 0.4) is 0 Å². The zero-order valence-corrected chi connectivity index (χ0v) is 30.5. The van der Waals surface area contributed by atoms with E-state index >= 15 is 0 Å². The Kier molecular flexibility index (Phi) is 8.97. The molecule has 0 N–H and O–H groups in total. The maximum atomic E-state index is 12.3. The van der Waals surface area contributed by atoms with Crippen molar-refractivity contribution in [1.82, 2.24) is 0 Å². The van der Waals surface area contributed by atoms with Gasteiger partial charge in [-0.1, -0.05) is 30.8 Å². The van der Waals surface area contributed by atoms with Crippen LogP contribution in [-0.2, 0) is 0 Å². The maximum Gasteiger partial charge on any atom is 0.336 e. The van der Waals surface area contributed by atoms with Gasteiger partial charge in [-0.15, -0.1) is 0 Å². The van der Waals surface area contributed by atoms with E-state index in [-0.39, 0.29) is 5.63 Å². The van der Waals surface area contributed by atoms with Crippen LogP contribution in [0.15, 0.2) is 167 Å². The molecule has 2 heterocycles. The lowest BCUT2D eigenvalue weighted by Crippen LogP contribution is -2.11. The summed E-state index contributed by atoms with van der Waals surface area (Å²) >= 11 is 0. The molecule has 7 aromatic rings. The lowest BCUT2D eigenvalue weighted by Gasteiger charge is -2.28. The van der Waals surface area contributed by atoms with Gasteiger partial charge in [0.15, 0.2) is 0 Å². The SMILES string of the molecule is C=C1C=C(C)c2ccc(N(c3ccc(OC)cc3)c3ccc(-c4ccc(N(c5ccc(OC)cc5)c5ccc6c(C)cc(=O)oc6c5)cc4)cc3)cc2O1. The molecule has 1 aromatic heterocycles. The smallest absolute Gasteiger partial charge is 0.336 e. The van der Waals surface area contributed by atoms with Crippen LogP contribution >= 0.6 is 0 Å². The molecule has 0 bridgehead atoms. The van der Waals surface area contributed by atoms with Gasteiger partial charge in [-0.25, -0.2) is 4.79 Å². The lowest BCUT2D eigenvalue weighted by molar-refractivity contribution is 0.414. The second-order valence-electron chi connectivity index (χ2n) is 13.2. The van der Waals surface area contributed by atoms with E-state index in [1.165, 1.54) is 6.07 Å². The molecule has 7 nitrogen and oxygen atoms in total. The summed E-state index contributed by atoms with van der Waals surface area (Å²) in [6, 6.07) is 46.7. The van der Waals surface area contributed by atoms with Crippen molar-refractivity contribution in [3.63, 3.8) is 0 Å². The van der Waals surface area contributed by atoms with Gasteiger partial charge in [-0.05, 0) is 139 Å². The number of rotatable bonds is 9. The van der Waals surface area contributed by atoms with Crippen LogP contribution in [0.5, 0.6) is 17.2 Å². The molecule has 1 aliphatic rings. The molecule has 0 saturated carbocycles. The highest BCUT2D eigenvalue weighted by Crippen LogP contribution is 2.42. The van der Waals surface area contributed by atoms with E-state index in [1.807, 2.05) is 67.6 Å². The molecule has 8 rings (SSSR count). The number of nitrogens with zero attached hydrogens (tertiary/aromatic N) is 2. The second kappa shape index (κ2) is 14.2. The van der Waals surface area contributed by atoms with Crippen molar-refractivity contribution in [3.8, 4) is 28.4 Å². The van der Waals surface area contributed by atoms with Gasteiger partial charge < -0.3 is 28.4 Å². The Bertz CT molecular complexity index is 2590. The highest BCUT2D eigenvalue weighted by molar-refractivity contribution is 5.88. The normalized spacial score (nSPS) is 12.1. The van der Waals surface area contributed by atoms with Gasteiger partial charge >= 0.3 is 5.63 Å². The molecule has 0 radical (unpaired) electrons. The Morgan fingerprint density at radius 3 is 1.54 bits per heavy atom. The van der Waals surface area contributed by atoms with E-state index < -0.39 is 0 Å². The molecular weight excluding hydrogens is 673 g/mol. The first kappa shape index (κ1) is 34.1. The number of aryl methyl sites for hydroxylation is 1. The fourth-order valence-corrected chi connectivity index (χ4v) is 6.97. The summed E-state index contributed by atoms with van der Waals surface area (Å²) in [4.78, 5) is 16.6. The third kappa shape index (κ3) is 6.59. The second-order valence-corrected chi connectivity index (χ2v) is 13.2. The van der Waals surface area contributed by atoms with E-state index in [4.69, 9.17) is 18.6 Å². The average Bonchev–Trinajstić information content (AvgIpc) is 3.19. The fraction of sp³-hybridized carbons (Fsp3) is 0.0851. The summed E-state index contributed by atoms with van der Waals surface area (Å²) in [7, 11) is 3.32. The zero-order chi connectivity index (χ0) is 37.3. The highest BCUT2D eigenvalue weighted by atomic mass is 16.5. The highest BCUT2D eigenvalue weighted by Gasteiger charge is 2.20. The van der Waals surface area contributed by atoms with Gasteiger partial charge in [0.05, 0.1) is 14.2 Å². The van der Waals surface area contributed by atoms with E-state index in [1.54, 1.807) is 14.2 Å². The lowest BCUT2D eigenvalue weighted by atomic mass is 10.0. The standard InChI is InChI=1S/C47H38N2O5/c1-30-26-32(3)53-45-28-39(18-24-43(30)45)48(37-14-20-41(51-4)21-15-37)35-10-6-33(7-11-35)34-8-12-36(13-9-34)49(38-16-22-42(52-5)23-17-38)40-19-25-44-31(2)27-47(50)54-46(44)29-40/h6-29H,3H2,1-2,4-5H3. The Balaban J connectivity index is 1.14. The molecule has 0 aliphatic carbocycles. The van der Waals surface area contributed by atoms with Crippen molar-refractivity contribution in [2.45, 2.75) is 13.8 Å². The fourth-order valence-electron chi connectivity index (χ4n) is 6.97. The molecule has 54 heavy (non-hydrogen) atoms. The third-order valence-electron chi connectivity index (χ3n) is 9.71. The minimum absolute atomic E-state index is 0.369. The average molecular weight is 711 g/mol. The predicted octanol–water partition coefficient (Wildman–Crippen LogP) is 12.0. The number of hydrogen-bond donors (Lipinski definition) is 0. The first-order chi connectivity index (χ1) is 26.3. The molecule has 7 heteroatoms. The van der Waals surface area contributed by atoms with E-state index in [9.17, 15) is 4.79 Å². The Hall–Kier alpha value is -6.99. The first-order valence-corrected chi connectivity index (χ1v) is 17.6. The van der Waals surface area contributed by atoms with Gasteiger partial charge in [0.1, 0.15) is 28.6 Å². The van der Waals surface area contributed by atoms with Crippen LogP contribution in [0.25, 0.3) is 27.7 Å². The van der Waals surface area contributed by atoms with Crippen molar-refractivity contribution in [3.05, 3.63) is 179 Å². The Labute approximate surface area is 314 Å². The molecule has 0 fully saturated rings. The van der Waals surface area contributed by atoms with Crippen molar-refractivity contribution >= 4 is 50.7 Å². The van der Waals surface area contributed by atoms with Gasteiger partial charge in [-0.2, -0.15) is 0 Å². The molecule has 266 valence electrons. The van der Waals surface area contributed by atoms with Gasteiger partial charge in [0, 0.05) is 63.3 Å². The number of fused-ring (bicyclic) bond motifs is 2. The monoisotopic (exact) mass is 710 g/mol. The van der Waals surface area contributed by atoms with Crippen LogP contribution < -0.4 is 29.6 Å². The van der Waals surface area contributed by atoms with Crippen LogP contribution in [0.2, 0.25) is 0 Å². The number of anilines is 6. The van der Waals surface area contributed by atoms with Gasteiger partial charge in [0.2, 0.25) is 0 Å². The van der Waals surface area contributed by atoms with E-state index in [0.717, 1.165) is 84.6 Å². The Morgan fingerprint density at radius 1 is 0.556 bits per heavy atom. The minimum Gasteiger partial charge on any atom is -0.497 e. The largest absolute Gasteiger partial charge is 0.497 e. The summed E-state index contributed by atoms with van der Waals surface area (Å²) in [5.41, 5.74) is 11.0. The number of methoxy groups -OCH3 is 2. The summed E-state index contributed by atoms with van der Waals surface area (Å²) in [5, 5.41) is 0.899. The topological polar surface area (TPSA) is 64.4 Å². The summed E-state index contributed by atoms with van der Waals surface area (Å²) in [5.74, 6) is 2.95. The predicted molar refractivity (Wildman–Crippen MR) is 219 cm³/mol. The van der Waals surface area contributed by atoms with Crippen molar-refractivity contribution in [2.24, 2.45) is 0 Å². The molecule has 0 atom stereocenters. The molecular formula is C47H38N2O5. The summed E-state index contributed by atoms with van der Waals surface area (Å²) in [6.45, 7) is 8.02. The molecule has 0 spiro atoms. The maximum absolute atomic E-state index is 12.3. The third-order valence-corrected chi connectivity index (χ3v) is 9.71. The van der Waals surface area contributed by atoms with Crippen LogP contribution in [0, 0.1) is 6.92 Å². The van der Waals surface area contributed by atoms with Gasteiger partial charge in [0.25, 0.3) is 0 Å². The van der Waals surface area contributed by atoms with Crippen LogP contribution in [0.1, 0.15) is 18.1 Å². The Morgan fingerprint density at radius 2 is 1.02 bits per heavy atom. The minimum atomic E-state index is -0.369.